The van der Waals surface area contributed by atoms with Crippen LogP contribution in [0.3, 0.4) is 0 Å². The number of carbonyl (C=O) groups excluding carboxylic acids is 1. The third-order valence-corrected chi connectivity index (χ3v) is 3.81. The van der Waals surface area contributed by atoms with E-state index in [-0.39, 0.29) is 5.91 Å². The molecule has 106 valence electrons. The molecule has 1 aliphatic rings. The Morgan fingerprint density at radius 3 is 2.78 bits per heavy atom. The second-order valence-corrected chi connectivity index (χ2v) is 6.30. The maximum Gasteiger partial charge on any atom is 0.233 e. The number of carbonyl (C=O) groups is 1. The molecule has 2 unspecified atom stereocenters. The molecule has 1 fully saturated rings. The Bertz CT molecular complexity index is 241. The van der Waals surface area contributed by atoms with Crippen molar-refractivity contribution in [3.05, 3.63) is 0 Å². The van der Waals surface area contributed by atoms with Crippen LogP contribution in [-0.4, -0.2) is 25.5 Å². The molecule has 0 aromatic heterocycles. The van der Waals surface area contributed by atoms with E-state index >= 15 is 0 Å². The summed E-state index contributed by atoms with van der Waals surface area (Å²) >= 11 is 0. The fourth-order valence-electron chi connectivity index (χ4n) is 2.70. The van der Waals surface area contributed by atoms with Gasteiger partial charge in [-0.05, 0) is 43.6 Å². The van der Waals surface area contributed by atoms with Crippen LogP contribution < -0.4 is 10.6 Å². The molecule has 1 saturated carbocycles. The monoisotopic (exact) mass is 254 g/mol. The fraction of sp³-hybridized carbons (Fsp3) is 0.933. The summed E-state index contributed by atoms with van der Waals surface area (Å²) in [5.74, 6) is 2.43. The summed E-state index contributed by atoms with van der Waals surface area (Å²) in [7, 11) is 0. The zero-order valence-electron chi connectivity index (χ0n) is 12.3. The summed E-state index contributed by atoms with van der Waals surface area (Å²) in [4.78, 5) is 11.6. The Morgan fingerprint density at radius 1 is 1.33 bits per heavy atom. The van der Waals surface area contributed by atoms with Gasteiger partial charge in [-0.1, -0.05) is 33.6 Å². The number of rotatable bonds is 7. The summed E-state index contributed by atoms with van der Waals surface area (Å²) in [6, 6.07) is 0. The summed E-state index contributed by atoms with van der Waals surface area (Å²) < 4.78 is 0. The average Bonchev–Trinajstić information content (AvgIpc) is 2.28. The summed E-state index contributed by atoms with van der Waals surface area (Å²) in [5, 5.41) is 6.26. The highest BCUT2D eigenvalue weighted by Crippen LogP contribution is 2.27. The Morgan fingerprint density at radius 2 is 2.11 bits per heavy atom. The fourth-order valence-corrected chi connectivity index (χ4v) is 2.70. The van der Waals surface area contributed by atoms with E-state index in [2.05, 4.69) is 31.4 Å². The molecule has 2 N–H and O–H groups in total. The van der Waals surface area contributed by atoms with E-state index in [1.807, 2.05) is 0 Å². The molecule has 1 aliphatic carbocycles. The molecule has 0 heterocycles. The molecule has 0 bridgehead atoms. The second kappa shape index (κ2) is 8.52. The predicted octanol–water partition coefficient (Wildman–Crippen LogP) is 2.56. The van der Waals surface area contributed by atoms with Gasteiger partial charge in [-0.3, -0.25) is 4.79 Å². The van der Waals surface area contributed by atoms with Crippen molar-refractivity contribution in [3.8, 4) is 0 Å². The lowest BCUT2D eigenvalue weighted by Gasteiger charge is -2.26. The highest BCUT2D eigenvalue weighted by Gasteiger charge is 2.18. The van der Waals surface area contributed by atoms with Gasteiger partial charge in [0.25, 0.3) is 0 Å². The van der Waals surface area contributed by atoms with Crippen molar-refractivity contribution in [1.82, 2.24) is 10.6 Å². The minimum absolute atomic E-state index is 0.138. The molecule has 1 rings (SSSR count). The maximum atomic E-state index is 11.6. The molecule has 0 aliphatic heterocycles. The lowest BCUT2D eigenvalue weighted by molar-refractivity contribution is -0.120. The van der Waals surface area contributed by atoms with Gasteiger partial charge in [0.15, 0.2) is 0 Å². The van der Waals surface area contributed by atoms with Crippen molar-refractivity contribution in [2.24, 2.45) is 17.8 Å². The van der Waals surface area contributed by atoms with E-state index in [9.17, 15) is 4.79 Å². The van der Waals surface area contributed by atoms with Gasteiger partial charge in [0.2, 0.25) is 5.91 Å². The molecule has 3 heteroatoms. The Hall–Kier alpha value is -0.570. The maximum absolute atomic E-state index is 11.6. The van der Waals surface area contributed by atoms with Crippen molar-refractivity contribution in [3.63, 3.8) is 0 Å². The molecule has 0 radical (unpaired) electrons. The average molecular weight is 254 g/mol. The Balaban J connectivity index is 2.01. The molecule has 0 spiro atoms. The van der Waals surface area contributed by atoms with E-state index < -0.39 is 0 Å². The first kappa shape index (κ1) is 15.5. The minimum Gasteiger partial charge on any atom is -0.355 e. The number of hydrogen-bond donors (Lipinski definition) is 2. The van der Waals surface area contributed by atoms with Crippen LogP contribution in [0.5, 0.6) is 0 Å². The van der Waals surface area contributed by atoms with Crippen LogP contribution in [0, 0.1) is 17.8 Å². The first-order chi connectivity index (χ1) is 8.58. The molecule has 0 saturated heterocycles. The van der Waals surface area contributed by atoms with E-state index in [4.69, 9.17) is 0 Å². The molecule has 1 amide bonds. The first-order valence-corrected chi connectivity index (χ1v) is 7.55. The summed E-state index contributed by atoms with van der Waals surface area (Å²) in [6.45, 7) is 8.97. The minimum atomic E-state index is 0.138. The lowest BCUT2D eigenvalue weighted by Crippen LogP contribution is -2.37. The third-order valence-electron chi connectivity index (χ3n) is 3.81. The largest absolute Gasteiger partial charge is 0.355 e. The molecular weight excluding hydrogens is 224 g/mol. The van der Waals surface area contributed by atoms with Crippen molar-refractivity contribution >= 4 is 5.91 Å². The molecular formula is C15H30N2O. The van der Waals surface area contributed by atoms with Crippen LogP contribution in [0.1, 0.15) is 52.9 Å². The van der Waals surface area contributed by atoms with Crippen LogP contribution in [0.15, 0.2) is 0 Å². The first-order valence-electron chi connectivity index (χ1n) is 7.55. The van der Waals surface area contributed by atoms with Crippen molar-refractivity contribution in [1.29, 1.82) is 0 Å². The van der Waals surface area contributed by atoms with Gasteiger partial charge in [0, 0.05) is 6.54 Å². The van der Waals surface area contributed by atoms with Crippen LogP contribution in [0.2, 0.25) is 0 Å². The molecule has 0 aromatic rings. The van der Waals surface area contributed by atoms with Gasteiger partial charge in [-0.2, -0.15) is 0 Å². The topological polar surface area (TPSA) is 41.1 Å². The zero-order chi connectivity index (χ0) is 13.4. The summed E-state index contributed by atoms with van der Waals surface area (Å²) in [5.41, 5.74) is 0. The molecule has 3 nitrogen and oxygen atoms in total. The van der Waals surface area contributed by atoms with Crippen LogP contribution >= 0.6 is 0 Å². The van der Waals surface area contributed by atoms with E-state index in [1.54, 1.807) is 0 Å². The van der Waals surface area contributed by atoms with Crippen molar-refractivity contribution in [2.45, 2.75) is 52.9 Å². The summed E-state index contributed by atoms with van der Waals surface area (Å²) in [6.07, 6.45) is 6.44. The molecule has 18 heavy (non-hydrogen) atoms. The van der Waals surface area contributed by atoms with Gasteiger partial charge in [0.1, 0.15) is 0 Å². The smallest absolute Gasteiger partial charge is 0.233 e. The second-order valence-electron chi connectivity index (χ2n) is 6.30. The Labute approximate surface area is 112 Å². The third kappa shape index (κ3) is 7.00. The van der Waals surface area contributed by atoms with Crippen molar-refractivity contribution in [2.75, 3.05) is 19.6 Å². The number of hydrogen-bond acceptors (Lipinski definition) is 2. The zero-order valence-corrected chi connectivity index (χ0v) is 12.3. The normalized spacial score (nSPS) is 24.2. The quantitative estimate of drug-likeness (QED) is 0.733. The Kier molecular flexibility index (Phi) is 7.33. The number of amides is 1. The van der Waals surface area contributed by atoms with Gasteiger partial charge >= 0.3 is 0 Å². The predicted molar refractivity (Wildman–Crippen MR) is 76.5 cm³/mol. The van der Waals surface area contributed by atoms with Crippen LogP contribution in [-0.2, 0) is 4.79 Å². The van der Waals surface area contributed by atoms with Gasteiger partial charge in [-0.25, -0.2) is 0 Å². The standard InChI is InChI=1S/C15H30N2O/c1-12(2)7-8-17-15(18)11-16-10-14-6-4-5-13(3)9-14/h12-14,16H,4-11H2,1-3H3,(H,17,18). The van der Waals surface area contributed by atoms with E-state index in [0.717, 1.165) is 31.3 Å². The van der Waals surface area contributed by atoms with Gasteiger partial charge in [0.05, 0.1) is 6.54 Å². The lowest BCUT2D eigenvalue weighted by atomic mass is 9.82. The molecule has 0 aromatic carbocycles. The highest BCUT2D eigenvalue weighted by molar-refractivity contribution is 5.77. The van der Waals surface area contributed by atoms with Gasteiger partial charge in [-0.15, -0.1) is 0 Å². The van der Waals surface area contributed by atoms with Gasteiger partial charge < -0.3 is 10.6 Å². The SMILES string of the molecule is CC(C)CCNC(=O)CNCC1CCCC(C)C1. The van der Waals surface area contributed by atoms with Crippen LogP contribution in [0.4, 0.5) is 0 Å². The van der Waals surface area contributed by atoms with Crippen molar-refractivity contribution < 1.29 is 4.79 Å². The van der Waals surface area contributed by atoms with Crippen LogP contribution in [0.25, 0.3) is 0 Å². The van der Waals surface area contributed by atoms with E-state index in [0.29, 0.717) is 12.5 Å². The van der Waals surface area contributed by atoms with E-state index in [1.165, 1.54) is 25.7 Å². The number of nitrogens with one attached hydrogen (secondary N) is 2. The highest BCUT2D eigenvalue weighted by atomic mass is 16.1. The molecule has 2 atom stereocenters.